The van der Waals surface area contributed by atoms with Crippen molar-refractivity contribution < 1.29 is 18.8 Å². The van der Waals surface area contributed by atoms with Crippen LogP contribution < -0.4 is 10.2 Å². The lowest BCUT2D eigenvalue weighted by atomic mass is 10.0. The predicted octanol–water partition coefficient (Wildman–Crippen LogP) is 3.54. The van der Waals surface area contributed by atoms with Crippen molar-refractivity contribution in [1.82, 2.24) is 5.32 Å². The zero-order chi connectivity index (χ0) is 20.4. The van der Waals surface area contributed by atoms with Crippen molar-refractivity contribution in [3.63, 3.8) is 0 Å². The number of nitrogens with one attached hydrogen (secondary N) is 1. The van der Waals surface area contributed by atoms with Crippen LogP contribution in [0.2, 0.25) is 0 Å². The molecule has 1 fully saturated rings. The molecule has 152 valence electrons. The zero-order valence-electron chi connectivity index (χ0n) is 15.6. The molecule has 1 unspecified atom stereocenters. The first-order valence-electron chi connectivity index (χ1n) is 9.37. The van der Waals surface area contributed by atoms with Crippen molar-refractivity contribution in [1.29, 1.82) is 0 Å². The fourth-order valence-corrected chi connectivity index (χ4v) is 4.74. The van der Waals surface area contributed by atoms with Crippen molar-refractivity contribution in [2.45, 2.75) is 17.4 Å². The third-order valence-electron chi connectivity index (χ3n) is 5.10. The van der Waals surface area contributed by atoms with Crippen LogP contribution in [-0.4, -0.2) is 42.9 Å². The zero-order valence-corrected chi connectivity index (χ0v) is 16.4. The molecular weight excluding hydrogens is 397 g/mol. The van der Waals surface area contributed by atoms with Crippen molar-refractivity contribution in [2.75, 3.05) is 37.0 Å². The number of amides is 1. The number of carbonyl (C=O) groups excluding carboxylic acids is 1. The highest BCUT2D eigenvalue weighted by atomic mass is 32.2. The molecule has 1 saturated heterocycles. The number of hydrogen-bond acceptors (Lipinski definition) is 6. The number of thioether (sulfide) groups is 1. The molecule has 4 rings (SSSR count). The van der Waals surface area contributed by atoms with E-state index in [1.54, 1.807) is 30.0 Å². The molecule has 29 heavy (non-hydrogen) atoms. The molecule has 2 aliphatic heterocycles. The van der Waals surface area contributed by atoms with E-state index >= 15 is 0 Å². The Morgan fingerprint density at radius 3 is 2.79 bits per heavy atom. The van der Waals surface area contributed by atoms with Crippen molar-refractivity contribution in [3.05, 3.63) is 63.5 Å². The van der Waals surface area contributed by atoms with E-state index in [1.807, 2.05) is 4.90 Å². The Kier molecular flexibility index (Phi) is 5.68. The quantitative estimate of drug-likeness (QED) is 0.605. The molecule has 9 heteroatoms. The smallest absolute Gasteiger partial charge is 0.293 e. The van der Waals surface area contributed by atoms with E-state index in [9.17, 15) is 19.3 Å². The van der Waals surface area contributed by atoms with Crippen LogP contribution in [0.1, 0.15) is 28.4 Å². The standard InChI is InChI=1S/C20H20FN3O4S/c21-14-2-4-19-15(12-14)16(5-10-29-19)22-20(25)13-1-3-17(18(11-13)24(26)27)23-6-8-28-9-7-23/h1-4,11-12,16H,5-10H2,(H,22,25). The first-order chi connectivity index (χ1) is 14.0. The Labute approximate surface area is 171 Å². The number of carbonyl (C=O) groups is 1. The van der Waals surface area contributed by atoms with E-state index in [4.69, 9.17) is 4.74 Å². The summed E-state index contributed by atoms with van der Waals surface area (Å²) in [6.45, 7) is 2.15. The third kappa shape index (κ3) is 4.20. The average molecular weight is 417 g/mol. The maximum Gasteiger partial charge on any atom is 0.293 e. The molecule has 7 nitrogen and oxygen atoms in total. The van der Waals surface area contributed by atoms with E-state index in [0.717, 1.165) is 16.2 Å². The van der Waals surface area contributed by atoms with Crippen LogP contribution in [-0.2, 0) is 4.74 Å². The number of benzene rings is 2. The van der Waals surface area contributed by atoms with Gasteiger partial charge in [0, 0.05) is 35.4 Å². The molecular formula is C20H20FN3O4S. The lowest BCUT2D eigenvalue weighted by Crippen LogP contribution is -2.36. The van der Waals surface area contributed by atoms with Crippen LogP contribution in [0.5, 0.6) is 0 Å². The molecule has 0 bridgehead atoms. The largest absolute Gasteiger partial charge is 0.378 e. The summed E-state index contributed by atoms with van der Waals surface area (Å²) in [6, 6.07) is 8.76. The maximum absolute atomic E-state index is 13.7. The number of rotatable bonds is 4. The van der Waals surface area contributed by atoms with E-state index < -0.39 is 10.8 Å². The van der Waals surface area contributed by atoms with Crippen molar-refractivity contribution in [2.24, 2.45) is 0 Å². The number of nitro groups is 1. The number of nitro benzene ring substituents is 1. The highest BCUT2D eigenvalue weighted by Crippen LogP contribution is 2.37. The predicted molar refractivity (Wildman–Crippen MR) is 108 cm³/mol. The van der Waals surface area contributed by atoms with Crippen LogP contribution >= 0.6 is 11.8 Å². The van der Waals surface area contributed by atoms with Crippen molar-refractivity contribution in [3.8, 4) is 0 Å². The summed E-state index contributed by atoms with van der Waals surface area (Å²) in [7, 11) is 0. The molecule has 1 N–H and O–H groups in total. The van der Waals surface area contributed by atoms with Gasteiger partial charge in [0.2, 0.25) is 0 Å². The SMILES string of the molecule is O=C(NC1CCSc2ccc(F)cc21)c1ccc(N2CCOCC2)c([N+](=O)[O-])c1. The Bertz CT molecular complexity index is 949. The lowest BCUT2D eigenvalue weighted by Gasteiger charge is -2.28. The molecule has 0 aliphatic carbocycles. The van der Waals surface area contributed by atoms with Gasteiger partial charge in [-0.2, -0.15) is 0 Å². The topological polar surface area (TPSA) is 84.7 Å². The third-order valence-corrected chi connectivity index (χ3v) is 6.23. The molecule has 0 spiro atoms. The summed E-state index contributed by atoms with van der Waals surface area (Å²) in [5, 5.41) is 14.5. The number of morpholine rings is 1. The van der Waals surface area contributed by atoms with Gasteiger partial charge in [0.15, 0.2) is 0 Å². The number of hydrogen-bond donors (Lipinski definition) is 1. The summed E-state index contributed by atoms with van der Waals surface area (Å²) in [5.41, 5.74) is 1.33. The molecule has 0 saturated carbocycles. The van der Waals surface area contributed by atoms with Gasteiger partial charge in [-0.3, -0.25) is 14.9 Å². The highest BCUT2D eigenvalue weighted by Gasteiger charge is 2.26. The molecule has 2 aromatic rings. The van der Waals surface area contributed by atoms with E-state index in [2.05, 4.69) is 5.32 Å². The van der Waals surface area contributed by atoms with Gasteiger partial charge in [-0.25, -0.2) is 4.39 Å². The van der Waals surface area contributed by atoms with Crippen molar-refractivity contribution >= 4 is 29.0 Å². The minimum atomic E-state index is -0.469. The van der Waals surface area contributed by atoms with E-state index in [1.165, 1.54) is 18.2 Å². The van der Waals surface area contributed by atoms with Gasteiger partial charge in [-0.05, 0) is 42.3 Å². The number of nitrogens with zero attached hydrogens (tertiary/aromatic N) is 2. The number of fused-ring (bicyclic) bond motifs is 1. The van der Waals surface area contributed by atoms with E-state index in [0.29, 0.717) is 38.4 Å². The summed E-state index contributed by atoms with van der Waals surface area (Å²) >= 11 is 1.63. The summed E-state index contributed by atoms with van der Waals surface area (Å²) in [4.78, 5) is 26.8. The van der Waals surface area contributed by atoms with Crippen LogP contribution in [0.3, 0.4) is 0 Å². The van der Waals surface area contributed by atoms with Gasteiger partial charge in [0.05, 0.1) is 24.2 Å². The Hall–Kier alpha value is -2.65. The average Bonchev–Trinajstić information content (AvgIpc) is 2.74. The first kappa shape index (κ1) is 19.7. The molecule has 2 aromatic carbocycles. The summed E-state index contributed by atoms with van der Waals surface area (Å²) < 4.78 is 19.0. The van der Waals surface area contributed by atoms with Gasteiger partial charge in [-0.1, -0.05) is 0 Å². The van der Waals surface area contributed by atoms with Gasteiger partial charge in [0.1, 0.15) is 11.5 Å². The minimum Gasteiger partial charge on any atom is -0.378 e. The fraction of sp³-hybridized carbons (Fsp3) is 0.350. The number of halogens is 1. The maximum atomic E-state index is 13.7. The molecule has 0 radical (unpaired) electrons. The van der Waals surface area contributed by atoms with Crippen LogP contribution in [0.15, 0.2) is 41.3 Å². The normalized spacial score (nSPS) is 18.8. The molecule has 2 heterocycles. The van der Waals surface area contributed by atoms with Gasteiger partial charge >= 0.3 is 0 Å². The summed E-state index contributed by atoms with van der Waals surface area (Å²) in [5.74, 6) is 0.0458. The van der Waals surface area contributed by atoms with Crippen LogP contribution in [0.25, 0.3) is 0 Å². The Morgan fingerprint density at radius 2 is 2.03 bits per heavy atom. The van der Waals surface area contributed by atoms with Crippen LogP contribution in [0.4, 0.5) is 15.8 Å². The molecule has 2 aliphatic rings. The van der Waals surface area contributed by atoms with Gasteiger partial charge in [0.25, 0.3) is 11.6 Å². The summed E-state index contributed by atoms with van der Waals surface area (Å²) in [6.07, 6.45) is 0.667. The Balaban J connectivity index is 1.57. The van der Waals surface area contributed by atoms with Gasteiger partial charge in [-0.15, -0.1) is 11.8 Å². The van der Waals surface area contributed by atoms with Gasteiger partial charge < -0.3 is 15.0 Å². The second-order valence-corrected chi connectivity index (χ2v) is 8.04. The Morgan fingerprint density at radius 1 is 1.24 bits per heavy atom. The molecule has 1 atom stereocenters. The second kappa shape index (κ2) is 8.38. The molecule has 0 aromatic heterocycles. The monoisotopic (exact) mass is 417 g/mol. The fourth-order valence-electron chi connectivity index (χ4n) is 3.64. The highest BCUT2D eigenvalue weighted by molar-refractivity contribution is 7.99. The first-order valence-corrected chi connectivity index (χ1v) is 10.4. The number of ether oxygens (including phenoxy) is 1. The minimum absolute atomic E-state index is 0.106. The van der Waals surface area contributed by atoms with Crippen LogP contribution in [0, 0.1) is 15.9 Å². The second-order valence-electron chi connectivity index (χ2n) is 6.91. The number of anilines is 1. The lowest BCUT2D eigenvalue weighted by molar-refractivity contribution is -0.384. The molecule has 1 amide bonds. The van der Waals surface area contributed by atoms with E-state index in [-0.39, 0.29) is 23.1 Å².